The highest BCUT2D eigenvalue weighted by Gasteiger charge is 2.17. The van der Waals surface area contributed by atoms with Gasteiger partial charge < -0.3 is 10.2 Å². The van der Waals surface area contributed by atoms with Gasteiger partial charge in [0.15, 0.2) is 0 Å². The van der Waals surface area contributed by atoms with Crippen LogP contribution in [0, 0.1) is 0 Å². The maximum atomic E-state index is 12.4. The van der Waals surface area contributed by atoms with Crippen LogP contribution in [0.4, 0.5) is 10.2 Å². The van der Waals surface area contributed by atoms with Gasteiger partial charge in [0.05, 0.1) is 12.2 Å². The van der Waals surface area contributed by atoms with Crippen LogP contribution >= 0.6 is 0 Å². The minimum atomic E-state index is -0.616. The van der Waals surface area contributed by atoms with E-state index in [-0.39, 0.29) is 12.5 Å². The molecule has 5 nitrogen and oxygen atoms in total. The highest BCUT2D eigenvalue weighted by molar-refractivity contribution is 5.82. The number of carbonyl (C=O) groups is 1. The summed E-state index contributed by atoms with van der Waals surface area (Å²) in [5.74, 6) is 0.564. The number of carbonyl (C=O) groups excluding carboxylic acids is 1. The Morgan fingerprint density at radius 2 is 2.40 bits per heavy atom. The number of nitrogens with zero attached hydrogens (tertiary/aromatic N) is 3. The molecule has 1 N–H and O–H groups in total. The van der Waals surface area contributed by atoms with Crippen molar-refractivity contribution in [3.63, 3.8) is 0 Å². The van der Waals surface area contributed by atoms with Crippen molar-refractivity contribution in [2.75, 3.05) is 24.5 Å². The normalized spacial score (nSPS) is 16.3. The Morgan fingerprint density at radius 3 is 3.13 bits per heavy atom. The molecule has 1 aromatic heterocycles. The Labute approximate surface area is 86.3 Å². The van der Waals surface area contributed by atoms with Crippen LogP contribution in [0.2, 0.25) is 0 Å². The summed E-state index contributed by atoms with van der Waals surface area (Å²) in [6, 6.07) is 1.57. The van der Waals surface area contributed by atoms with Crippen LogP contribution in [0.25, 0.3) is 0 Å². The van der Waals surface area contributed by atoms with E-state index in [0.29, 0.717) is 24.6 Å². The first-order valence-electron chi connectivity index (χ1n) is 4.68. The second kappa shape index (κ2) is 4.20. The van der Waals surface area contributed by atoms with Crippen molar-refractivity contribution in [2.45, 2.75) is 6.67 Å². The van der Waals surface area contributed by atoms with Gasteiger partial charge >= 0.3 is 0 Å². The third kappa shape index (κ3) is 2.20. The molecule has 0 aliphatic carbocycles. The van der Waals surface area contributed by atoms with Crippen LogP contribution in [0.5, 0.6) is 0 Å². The molecule has 15 heavy (non-hydrogen) atoms. The van der Waals surface area contributed by atoms with Gasteiger partial charge in [-0.3, -0.25) is 4.79 Å². The second-order valence-corrected chi connectivity index (χ2v) is 3.27. The van der Waals surface area contributed by atoms with Crippen molar-refractivity contribution in [3.8, 4) is 0 Å². The lowest BCUT2D eigenvalue weighted by Crippen LogP contribution is -2.48. The van der Waals surface area contributed by atoms with Crippen molar-refractivity contribution >= 4 is 11.7 Å². The molecule has 1 saturated heterocycles. The summed E-state index contributed by atoms with van der Waals surface area (Å²) in [4.78, 5) is 20.7. The average molecular weight is 210 g/mol. The summed E-state index contributed by atoms with van der Waals surface area (Å²) in [7, 11) is 0. The Kier molecular flexibility index (Phi) is 2.75. The second-order valence-electron chi connectivity index (χ2n) is 3.27. The summed E-state index contributed by atoms with van der Waals surface area (Å²) in [6.07, 6.45) is 1.32. The molecule has 1 amide bonds. The van der Waals surface area contributed by atoms with Crippen LogP contribution in [-0.4, -0.2) is 35.5 Å². The van der Waals surface area contributed by atoms with Crippen molar-refractivity contribution in [1.29, 1.82) is 0 Å². The zero-order valence-corrected chi connectivity index (χ0v) is 8.11. The monoisotopic (exact) mass is 210 g/mol. The van der Waals surface area contributed by atoms with Gasteiger partial charge in [-0.2, -0.15) is 0 Å². The van der Waals surface area contributed by atoms with Gasteiger partial charge in [0, 0.05) is 19.2 Å². The molecule has 1 aromatic rings. The molecule has 0 unspecified atom stereocenters. The summed E-state index contributed by atoms with van der Waals surface area (Å²) >= 11 is 0. The van der Waals surface area contributed by atoms with E-state index in [1.165, 1.54) is 6.33 Å². The number of piperazine rings is 1. The Morgan fingerprint density at radius 1 is 1.53 bits per heavy atom. The lowest BCUT2D eigenvalue weighted by atomic mass is 10.3. The zero-order valence-electron chi connectivity index (χ0n) is 8.11. The summed E-state index contributed by atoms with van der Waals surface area (Å²) in [5.41, 5.74) is 0.339. The predicted octanol–water partition coefficient (Wildman–Crippen LogP) is -0.118. The van der Waals surface area contributed by atoms with E-state index in [1.54, 1.807) is 11.0 Å². The molecule has 6 heteroatoms. The Bertz CT molecular complexity index is 371. The lowest BCUT2D eigenvalue weighted by Gasteiger charge is -2.27. The number of rotatable bonds is 2. The molecule has 0 spiro atoms. The minimum Gasteiger partial charge on any atom is -0.353 e. The van der Waals surface area contributed by atoms with Gasteiger partial charge in [-0.15, -0.1) is 0 Å². The standard InChI is InChI=1S/C9H11FN4O/c10-4-7-3-8(13-6-12-7)14-2-1-11-9(15)5-14/h3,6H,1-2,4-5H2,(H,11,15). The SMILES string of the molecule is O=C1CN(c2cc(CF)ncn2)CCN1. The molecule has 0 saturated carbocycles. The zero-order chi connectivity index (χ0) is 10.7. The van der Waals surface area contributed by atoms with E-state index in [1.807, 2.05) is 0 Å². The molecule has 2 heterocycles. The highest BCUT2D eigenvalue weighted by atomic mass is 19.1. The number of alkyl halides is 1. The molecule has 0 aromatic carbocycles. The number of aromatic nitrogens is 2. The summed E-state index contributed by atoms with van der Waals surface area (Å²) < 4.78 is 12.4. The maximum absolute atomic E-state index is 12.4. The number of nitrogens with one attached hydrogen (secondary N) is 1. The summed E-state index contributed by atoms with van der Waals surface area (Å²) in [6.45, 7) is 0.931. The number of halogens is 1. The van der Waals surface area contributed by atoms with Gasteiger partial charge in [-0.25, -0.2) is 14.4 Å². The van der Waals surface area contributed by atoms with E-state index in [2.05, 4.69) is 15.3 Å². The van der Waals surface area contributed by atoms with Gasteiger partial charge in [-0.05, 0) is 0 Å². The van der Waals surface area contributed by atoms with E-state index < -0.39 is 6.67 Å². The maximum Gasteiger partial charge on any atom is 0.239 e. The van der Waals surface area contributed by atoms with E-state index >= 15 is 0 Å². The molecule has 2 rings (SSSR count). The Balaban J connectivity index is 2.17. The minimum absolute atomic E-state index is 0.0401. The molecular formula is C9H11FN4O. The first-order chi connectivity index (χ1) is 7.29. The van der Waals surface area contributed by atoms with Gasteiger partial charge in [0.2, 0.25) is 5.91 Å². The van der Waals surface area contributed by atoms with E-state index in [0.717, 1.165) is 0 Å². The van der Waals surface area contributed by atoms with Gasteiger partial charge in [0.25, 0.3) is 0 Å². The average Bonchev–Trinajstić information content (AvgIpc) is 2.29. The molecule has 1 aliphatic heterocycles. The fraction of sp³-hybridized carbons (Fsp3) is 0.444. The predicted molar refractivity (Wildman–Crippen MR) is 52.1 cm³/mol. The molecule has 0 radical (unpaired) electrons. The molecule has 80 valence electrons. The molecule has 0 atom stereocenters. The molecular weight excluding hydrogens is 199 g/mol. The number of amides is 1. The smallest absolute Gasteiger partial charge is 0.239 e. The van der Waals surface area contributed by atoms with Gasteiger partial charge in [-0.1, -0.05) is 0 Å². The van der Waals surface area contributed by atoms with Crippen LogP contribution in [0.1, 0.15) is 5.69 Å². The molecule has 1 fully saturated rings. The van der Waals surface area contributed by atoms with Gasteiger partial charge in [0.1, 0.15) is 18.8 Å². The fourth-order valence-electron chi connectivity index (χ4n) is 1.47. The van der Waals surface area contributed by atoms with Crippen molar-refractivity contribution < 1.29 is 9.18 Å². The largest absolute Gasteiger partial charge is 0.353 e. The first kappa shape index (κ1) is 9.82. The fourth-order valence-corrected chi connectivity index (χ4v) is 1.47. The molecule has 0 bridgehead atoms. The molecule has 1 aliphatic rings. The summed E-state index contributed by atoms with van der Waals surface area (Å²) in [5, 5.41) is 2.71. The number of anilines is 1. The topological polar surface area (TPSA) is 58.1 Å². The number of hydrogen-bond acceptors (Lipinski definition) is 4. The van der Waals surface area contributed by atoms with Crippen LogP contribution in [-0.2, 0) is 11.5 Å². The van der Waals surface area contributed by atoms with Crippen LogP contribution in [0.3, 0.4) is 0 Å². The van der Waals surface area contributed by atoms with Crippen LogP contribution in [0.15, 0.2) is 12.4 Å². The highest BCUT2D eigenvalue weighted by Crippen LogP contribution is 2.12. The van der Waals surface area contributed by atoms with Crippen LogP contribution < -0.4 is 10.2 Å². The quantitative estimate of drug-likeness (QED) is 0.739. The lowest BCUT2D eigenvalue weighted by molar-refractivity contribution is -0.120. The number of hydrogen-bond donors (Lipinski definition) is 1. The van der Waals surface area contributed by atoms with Crippen molar-refractivity contribution in [3.05, 3.63) is 18.1 Å². The van der Waals surface area contributed by atoms with Crippen molar-refractivity contribution in [1.82, 2.24) is 15.3 Å². The Hall–Kier alpha value is -1.72. The third-order valence-corrected chi connectivity index (χ3v) is 2.21. The van der Waals surface area contributed by atoms with E-state index in [4.69, 9.17) is 0 Å². The van der Waals surface area contributed by atoms with Crippen molar-refractivity contribution in [2.24, 2.45) is 0 Å². The van der Waals surface area contributed by atoms with E-state index in [9.17, 15) is 9.18 Å². The first-order valence-corrected chi connectivity index (χ1v) is 4.68. The third-order valence-electron chi connectivity index (χ3n) is 2.21.